The fourth-order valence-electron chi connectivity index (χ4n) is 4.27. The molecule has 0 bridgehead atoms. The molecule has 3 atom stereocenters. The molecule has 31 heavy (non-hydrogen) atoms. The number of hydrazine groups is 1. The van der Waals surface area contributed by atoms with Crippen LogP contribution in [-0.2, 0) is 4.79 Å². The van der Waals surface area contributed by atoms with Gasteiger partial charge in [0.05, 0.1) is 17.6 Å². The number of nitrogens with one attached hydrogen (secondary N) is 5. The lowest BCUT2D eigenvalue weighted by atomic mass is 9.97. The Balaban J connectivity index is 1.41. The van der Waals surface area contributed by atoms with Gasteiger partial charge in [0.15, 0.2) is 5.65 Å². The number of piperazine rings is 1. The van der Waals surface area contributed by atoms with Crippen molar-refractivity contribution in [2.75, 3.05) is 36.4 Å². The Labute approximate surface area is 181 Å². The number of anilines is 2. The molecule has 5 N–H and O–H groups in total. The van der Waals surface area contributed by atoms with Gasteiger partial charge in [-0.25, -0.2) is 10.4 Å². The Morgan fingerprint density at radius 3 is 2.77 bits per heavy atom. The zero-order valence-corrected chi connectivity index (χ0v) is 17.8. The highest BCUT2D eigenvalue weighted by Gasteiger charge is 2.34. The van der Waals surface area contributed by atoms with Crippen LogP contribution in [0.3, 0.4) is 0 Å². The number of pyridine rings is 1. The summed E-state index contributed by atoms with van der Waals surface area (Å²) in [6.45, 7) is 8.09. The molecule has 0 saturated carbocycles. The summed E-state index contributed by atoms with van der Waals surface area (Å²) < 4.78 is 0. The van der Waals surface area contributed by atoms with Crippen LogP contribution in [0.5, 0.6) is 0 Å². The highest BCUT2D eigenvalue weighted by molar-refractivity contribution is 5.99. The minimum Gasteiger partial charge on any atom is -0.369 e. The molecule has 0 spiro atoms. The van der Waals surface area contributed by atoms with Gasteiger partial charge in [0.25, 0.3) is 0 Å². The van der Waals surface area contributed by atoms with Crippen LogP contribution in [-0.4, -0.2) is 59.4 Å². The van der Waals surface area contributed by atoms with Crippen LogP contribution < -0.4 is 26.4 Å². The third-order valence-electron chi connectivity index (χ3n) is 6.36. The van der Waals surface area contributed by atoms with Gasteiger partial charge >= 0.3 is 0 Å². The molecule has 1 amide bonds. The highest BCUT2D eigenvalue weighted by atomic mass is 16.2. The number of hydrogen-bond acceptors (Lipinski definition) is 7. The number of aromatic nitrogens is 3. The van der Waals surface area contributed by atoms with E-state index >= 15 is 0 Å². The fourth-order valence-corrected chi connectivity index (χ4v) is 4.27. The molecule has 1 aromatic carbocycles. The van der Waals surface area contributed by atoms with Crippen molar-refractivity contribution in [3.63, 3.8) is 0 Å². The summed E-state index contributed by atoms with van der Waals surface area (Å²) in [6.07, 6.45) is 1.65. The van der Waals surface area contributed by atoms with E-state index in [0.29, 0.717) is 11.3 Å². The first-order valence-corrected chi connectivity index (χ1v) is 10.8. The van der Waals surface area contributed by atoms with Crippen LogP contribution in [0, 0.1) is 5.92 Å². The van der Waals surface area contributed by atoms with Crippen LogP contribution in [0.1, 0.15) is 13.8 Å². The molecular formula is C22H28N8O. The summed E-state index contributed by atoms with van der Waals surface area (Å²) in [6, 6.07) is 10.3. The topological polar surface area (TPSA) is 110 Å². The monoisotopic (exact) mass is 420 g/mol. The first kappa shape index (κ1) is 19.9. The maximum Gasteiger partial charge on any atom is 0.243 e. The van der Waals surface area contributed by atoms with Crippen LogP contribution in [0.2, 0.25) is 0 Å². The minimum absolute atomic E-state index is 0.0729. The molecule has 4 heterocycles. The van der Waals surface area contributed by atoms with Gasteiger partial charge in [-0.05, 0) is 31.0 Å². The van der Waals surface area contributed by atoms with Gasteiger partial charge in [-0.2, -0.15) is 5.10 Å². The van der Waals surface area contributed by atoms with Gasteiger partial charge in [0.1, 0.15) is 6.04 Å². The Bertz CT molecular complexity index is 1090. The Kier molecular flexibility index (Phi) is 5.31. The number of benzene rings is 1. The average molecular weight is 421 g/mol. The number of amides is 1. The van der Waals surface area contributed by atoms with E-state index in [9.17, 15) is 4.79 Å². The van der Waals surface area contributed by atoms with Crippen LogP contribution in [0.15, 0.2) is 36.5 Å². The maximum absolute atomic E-state index is 12.7. The molecule has 2 saturated heterocycles. The van der Waals surface area contributed by atoms with Crippen molar-refractivity contribution in [1.29, 1.82) is 0 Å². The Morgan fingerprint density at radius 1 is 1.16 bits per heavy atom. The lowest BCUT2D eigenvalue weighted by molar-refractivity contribution is -0.118. The standard InChI is InChI=1S/C22H28N8O/c1-13-14(2)26-27-19(13)22(31)25-16-11-18-20(28-29-21(18)24-12-16)15-4-3-5-17(10-15)30-8-6-23-7-9-30/h3-5,10-14,19,23,26-27H,6-9H2,1-2H3,(H,25,31)(H,24,28,29). The molecular weight excluding hydrogens is 392 g/mol. The van der Waals surface area contributed by atoms with Gasteiger partial charge in [0.2, 0.25) is 5.91 Å². The molecule has 0 radical (unpaired) electrons. The van der Waals surface area contributed by atoms with Crippen LogP contribution in [0.25, 0.3) is 22.3 Å². The number of aromatic amines is 1. The van der Waals surface area contributed by atoms with Crippen molar-refractivity contribution in [2.45, 2.75) is 25.9 Å². The normalized spacial score (nSPS) is 23.9. The van der Waals surface area contributed by atoms with E-state index in [-0.39, 0.29) is 23.9 Å². The van der Waals surface area contributed by atoms with E-state index < -0.39 is 0 Å². The smallest absolute Gasteiger partial charge is 0.243 e. The van der Waals surface area contributed by atoms with E-state index in [2.05, 4.69) is 79.7 Å². The third kappa shape index (κ3) is 3.87. The predicted molar refractivity (Wildman–Crippen MR) is 122 cm³/mol. The molecule has 162 valence electrons. The molecule has 2 fully saturated rings. The number of H-pyrrole nitrogens is 1. The number of carbonyl (C=O) groups is 1. The van der Waals surface area contributed by atoms with Gasteiger partial charge in [-0.15, -0.1) is 0 Å². The van der Waals surface area contributed by atoms with Crippen molar-refractivity contribution in [2.24, 2.45) is 5.92 Å². The number of nitrogens with zero attached hydrogens (tertiary/aromatic N) is 3. The summed E-state index contributed by atoms with van der Waals surface area (Å²) in [4.78, 5) is 19.6. The van der Waals surface area contributed by atoms with Crippen molar-refractivity contribution >= 4 is 28.3 Å². The average Bonchev–Trinajstić information content (AvgIpc) is 3.37. The predicted octanol–water partition coefficient (Wildman–Crippen LogP) is 1.47. The molecule has 9 nitrogen and oxygen atoms in total. The summed E-state index contributed by atoms with van der Waals surface area (Å²) in [7, 11) is 0. The first-order chi connectivity index (χ1) is 15.1. The van der Waals surface area contributed by atoms with Crippen molar-refractivity contribution < 1.29 is 4.79 Å². The molecule has 2 aliphatic heterocycles. The third-order valence-corrected chi connectivity index (χ3v) is 6.36. The largest absolute Gasteiger partial charge is 0.369 e. The lowest BCUT2D eigenvalue weighted by Crippen LogP contribution is -2.43. The zero-order valence-electron chi connectivity index (χ0n) is 17.8. The van der Waals surface area contributed by atoms with E-state index in [1.165, 1.54) is 5.69 Å². The quantitative estimate of drug-likeness (QED) is 0.435. The van der Waals surface area contributed by atoms with Gasteiger partial charge < -0.3 is 15.5 Å². The lowest BCUT2D eigenvalue weighted by Gasteiger charge is -2.29. The molecule has 0 aliphatic carbocycles. The number of rotatable bonds is 4. The molecule has 9 heteroatoms. The van der Waals surface area contributed by atoms with Crippen LogP contribution in [0.4, 0.5) is 11.4 Å². The maximum atomic E-state index is 12.7. The molecule has 2 aromatic heterocycles. The van der Waals surface area contributed by atoms with E-state index in [0.717, 1.165) is 42.8 Å². The molecule has 3 aromatic rings. The zero-order chi connectivity index (χ0) is 21.4. The van der Waals surface area contributed by atoms with E-state index in [1.54, 1.807) is 6.20 Å². The number of hydrogen-bond donors (Lipinski definition) is 5. The molecule has 5 rings (SSSR count). The van der Waals surface area contributed by atoms with Crippen molar-refractivity contribution in [1.82, 2.24) is 31.3 Å². The summed E-state index contributed by atoms with van der Waals surface area (Å²) >= 11 is 0. The molecule has 3 unspecified atom stereocenters. The van der Waals surface area contributed by atoms with Gasteiger partial charge in [0, 0.05) is 48.9 Å². The van der Waals surface area contributed by atoms with Gasteiger partial charge in [-0.1, -0.05) is 19.1 Å². The molecule has 2 aliphatic rings. The Hall–Kier alpha value is -3.01. The number of fused-ring (bicyclic) bond motifs is 1. The van der Waals surface area contributed by atoms with Crippen molar-refractivity contribution in [3.05, 3.63) is 36.5 Å². The number of carbonyl (C=O) groups excluding carboxylic acids is 1. The summed E-state index contributed by atoms with van der Waals surface area (Å²) in [5.74, 6) is 0.116. The second kappa shape index (κ2) is 8.26. The Morgan fingerprint density at radius 2 is 2.00 bits per heavy atom. The second-order valence-corrected chi connectivity index (χ2v) is 8.38. The van der Waals surface area contributed by atoms with Crippen LogP contribution >= 0.6 is 0 Å². The van der Waals surface area contributed by atoms with Gasteiger partial charge in [-0.3, -0.25) is 15.3 Å². The highest BCUT2D eigenvalue weighted by Crippen LogP contribution is 2.30. The summed E-state index contributed by atoms with van der Waals surface area (Å²) in [5, 5.41) is 14.8. The second-order valence-electron chi connectivity index (χ2n) is 8.38. The SMILES string of the molecule is CC1NNC(C(=O)Nc2cnc3n[nH]c(-c4cccc(N5CCNCC5)c4)c3c2)C1C. The summed E-state index contributed by atoms with van der Waals surface area (Å²) in [5.41, 5.74) is 10.6. The van der Waals surface area contributed by atoms with E-state index in [4.69, 9.17) is 0 Å². The minimum atomic E-state index is -0.287. The van der Waals surface area contributed by atoms with E-state index in [1.807, 2.05) is 6.07 Å². The first-order valence-electron chi connectivity index (χ1n) is 10.8. The van der Waals surface area contributed by atoms with Crippen molar-refractivity contribution in [3.8, 4) is 11.3 Å². The fraction of sp³-hybridized carbons (Fsp3) is 0.409.